The van der Waals surface area contributed by atoms with Crippen molar-refractivity contribution in [3.05, 3.63) is 18.2 Å². The van der Waals surface area contributed by atoms with Crippen molar-refractivity contribution in [1.82, 2.24) is 15.3 Å². The highest BCUT2D eigenvalue weighted by Crippen LogP contribution is 2.13. The maximum Gasteiger partial charge on any atom is 0.490 e. The summed E-state index contributed by atoms with van der Waals surface area (Å²) < 4.78 is 63.5. The van der Waals surface area contributed by atoms with Crippen LogP contribution in [-0.4, -0.2) is 62.9 Å². The van der Waals surface area contributed by atoms with Crippen LogP contribution in [0.1, 0.15) is 26.0 Å². The zero-order chi connectivity index (χ0) is 24.8. The van der Waals surface area contributed by atoms with Crippen molar-refractivity contribution in [2.24, 2.45) is 16.6 Å². The number of aromatic amines is 1. The molecule has 0 spiro atoms. The van der Waals surface area contributed by atoms with E-state index in [2.05, 4.69) is 20.3 Å². The fraction of sp³-hybridized carbons (Fsp3) is 0.533. The third kappa shape index (κ3) is 17.3. The van der Waals surface area contributed by atoms with Crippen LogP contribution in [0, 0.1) is 5.92 Å². The number of alkyl halides is 6. The maximum atomic E-state index is 11.3. The smallest absolute Gasteiger partial charge is 0.475 e. The third-order valence-corrected chi connectivity index (χ3v) is 2.70. The molecule has 10 nitrogen and oxygen atoms in total. The van der Waals surface area contributed by atoms with Gasteiger partial charge in [-0.1, -0.05) is 13.8 Å². The molecule has 178 valence electrons. The van der Waals surface area contributed by atoms with Crippen LogP contribution in [0.4, 0.5) is 26.3 Å². The van der Waals surface area contributed by atoms with E-state index < -0.39 is 24.3 Å². The van der Waals surface area contributed by atoms with E-state index in [9.17, 15) is 31.1 Å². The lowest BCUT2D eigenvalue weighted by Gasteiger charge is -2.06. The van der Waals surface area contributed by atoms with Gasteiger partial charge in [-0.05, 0) is 12.8 Å². The molecule has 31 heavy (non-hydrogen) atoms. The normalized spacial score (nSPS) is 11.6. The van der Waals surface area contributed by atoms with Crippen LogP contribution < -0.4 is 11.1 Å². The molecule has 16 heteroatoms. The summed E-state index contributed by atoms with van der Waals surface area (Å²) in [6.07, 6.45) is -5.00. The van der Waals surface area contributed by atoms with Crippen LogP contribution in [0.3, 0.4) is 0 Å². The van der Waals surface area contributed by atoms with Crippen molar-refractivity contribution in [2.75, 3.05) is 6.54 Å². The number of amides is 1. The Hall–Kier alpha value is -3.33. The van der Waals surface area contributed by atoms with Crippen molar-refractivity contribution >= 4 is 23.8 Å². The monoisotopic (exact) mass is 465 g/mol. The average Bonchev–Trinajstić information content (AvgIpc) is 3.11. The van der Waals surface area contributed by atoms with Gasteiger partial charge in [0.2, 0.25) is 5.91 Å². The number of carboxylic acid groups (broad SMARTS) is 2. The van der Waals surface area contributed by atoms with E-state index in [-0.39, 0.29) is 17.8 Å². The predicted molar refractivity (Wildman–Crippen MR) is 93.8 cm³/mol. The number of aliphatic imine (C=N–C) groups is 1. The number of aryl methyl sites for hydroxylation is 1. The highest BCUT2D eigenvalue weighted by Gasteiger charge is 2.38. The number of halogens is 6. The molecule has 0 saturated heterocycles. The SMILES string of the molecule is CC(C)C(=O)NC(N)=NCCCc1cnc[nH]1.O=C(O)C(F)(F)F.O=C(O)C(F)(F)F. The molecule has 1 aromatic rings. The number of carbonyl (C=O) groups is 3. The number of imidazole rings is 1. The van der Waals surface area contributed by atoms with E-state index in [0.29, 0.717) is 6.54 Å². The minimum atomic E-state index is -5.08. The number of nitrogens with zero attached hydrogens (tertiary/aromatic N) is 2. The number of guanidine groups is 1. The van der Waals surface area contributed by atoms with Gasteiger partial charge in [0.25, 0.3) is 0 Å². The van der Waals surface area contributed by atoms with E-state index in [4.69, 9.17) is 25.5 Å². The summed E-state index contributed by atoms with van der Waals surface area (Å²) in [7, 11) is 0. The van der Waals surface area contributed by atoms with E-state index in [1.807, 2.05) is 0 Å². The molecule has 0 fully saturated rings. The Morgan fingerprint density at radius 2 is 1.58 bits per heavy atom. The largest absolute Gasteiger partial charge is 0.490 e. The summed E-state index contributed by atoms with van der Waals surface area (Å²) in [6, 6.07) is 0. The minimum Gasteiger partial charge on any atom is -0.475 e. The summed E-state index contributed by atoms with van der Waals surface area (Å²) in [4.78, 5) is 40.1. The third-order valence-electron chi connectivity index (χ3n) is 2.70. The first-order valence-corrected chi connectivity index (χ1v) is 8.16. The summed E-state index contributed by atoms with van der Waals surface area (Å²) in [5.74, 6) is -5.53. The van der Waals surface area contributed by atoms with Gasteiger partial charge < -0.3 is 20.9 Å². The van der Waals surface area contributed by atoms with Crippen molar-refractivity contribution < 1.29 is 50.9 Å². The summed E-state index contributed by atoms with van der Waals surface area (Å²) in [5.41, 5.74) is 6.64. The van der Waals surface area contributed by atoms with Gasteiger partial charge in [0, 0.05) is 24.4 Å². The minimum absolute atomic E-state index is 0.0891. The lowest BCUT2D eigenvalue weighted by molar-refractivity contribution is -0.193. The van der Waals surface area contributed by atoms with Crippen molar-refractivity contribution in [2.45, 2.75) is 39.0 Å². The van der Waals surface area contributed by atoms with Crippen LogP contribution in [0.15, 0.2) is 17.5 Å². The Morgan fingerprint density at radius 3 is 1.90 bits per heavy atom. The number of aromatic nitrogens is 2. The van der Waals surface area contributed by atoms with Gasteiger partial charge in [-0.25, -0.2) is 14.6 Å². The van der Waals surface area contributed by atoms with Crippen LogP contribution in [0.25, 0.3) is 0 Å². The molecule has 0 bridgehead atoms. The number of carbonyl (C=O) groups excluding carboxylic acids is 1. The fourth-order valence-corrected chi connectivity index (χ4v) is 1.20. The molecule has 0 aliphatic heterocycles. The Kier molecular flexibility index (Phi) is 13.3. The number of H-pyrrole nitrogens is 1. The van der Waals surface area contributed by atoms with Crippen molar-refractivity contribution in [3.63, 3.8) is 0 Å². The number of rotatable bonds is 5. The van der Waals surface area contributed by atoms with E-state index in [1.54, 1.807) is 26.4 Å². The Bertz CT molecular complexity index is 693. The first-order chi connectivity index (χ1) is 14.0. The second-order valence-electron chi connectivity index (χ2n) is 5.70. The Morgan fingerprint density at radius 1 is 1.13 bits per heavy atom. The zero-order valence-corrected chi connectivity index (χ0v) is 16.2. The second-order valence-corrected chi connectivity index (χ2v) is 5.70. The Labute approximate surface area is 171 Å². The molecule has 6 N–H and O–H groups in total. The number of hydrogen-bond acceptors (Lipinski definition) is 5. The molecule has 1 rings (SSSR count). The highest BCUT2D eigenvalue weighted by atomic mass is 19.4. The highest BCUT2D eigenvalue weighted by molar-refractivity contribution is 5.96. The quantitative estimate of drug-likeness (QED) is 0.191. The topological polar surface area (TPSA) is 171 Å². The summed E-state index contributed by atoms with van der Waals surface area (Å²) in [6.45, 7) is 4.20. The van der Waals surface area contributed by atoms with Crippen LogP contribution in [0.5, 0.6) is 0 Å². The van der Waals surface area contributed by atoms with Crippen molar-refractivity contribution in [3.8, 4) is 0 Å². The van der Waals surface area contributed by atoms with Gasteiger partial charge >= 0.3 is 24.3 Å². The van der Waals surface area contributed by atoms with Crippen LogP contribution >= 0.6 is 0 Å². The van der Waals surface area contributed by atoms with E-state index >= 15 is 0 Å². The van der Waals surface area contributed by atoms with Gasteiger partial charge in [0.05, 0.1) is 6.33 Å². The molecule has 0 unspecified atom stereocenters. The molecular weight excluding hydrogens is 444 g/mol. The molecule has 0 aliphatic rings. The second kappa shape index (κ2) is 13.8. The summed E-state index contributed by atoms with van der Waals surface area (Å²) in [5, 5.41) is 16.8. The van der Waals surface area contributed by atoms with Gasteiger partial charge in [-0.3, -0.25) is 15.1 Å². The van der Waals surface area contributed by atoms with Crippen molar-refractivity contribution in [1.29, 1.82) is 0 Å². The van der Waals surface area contributed by atoms with Gasteiger partial charge in [-0.15, -0.1) is 0 Å². The lowest BCUT2D eigenvalue weighted by Crippen LogP contribution is -2.39. The molecule has 0 radical (unpaired) electrons. The van der Waals surface area contributed by atoms with Gasteiger partial charge in [0.1, 0.15) is 0 Å². The molecule has 0 aromatic carbocycles. The van der Waals surface area contributed by atoms with E-state index in [0.717, 1.165) is 18.5 Å². The molecule has 0 saturated carbocycles. The molecular formula is C15H21F6N5O5. The number of hydrogen-bond donors (Lipinski definition) is 5. The number of nitrogens with two attached hydrogens (primary N) is 1. The van der Waals surface area contributed by atoms with Crippen LogP contribution in [0.2, 0.25) is 0 Å². The number of nitrogens with one attached hydrogen (secondary N) is 2. The molecule has 0 aliphatic carbocycles. The van der Waals surface area contributed by atoms with Gasteiger partial charge in [0.15, 0.2) is 5.96 Å². The lowest BCUT2D eigenvalue weighted by atomic mass is 10.2. The average molecular weight is 465 g/mol. The zero-order valence-electron chi connectivity index (χ0n) is 16.2. The Balaban J connectivity index is 0. The molecule has 1 amide bonds. The molecule has 1 heterocycles. The number of aliphatic carboxylic acids is 2. The van der Waals surface area contributed by atoms with Gasteiger partial charge in [-0.2, -0.15) is 26.3 Å². The summed E-state index contributed by atoms with van der Waals surface area (Å²) >= 11 is 0. The maximum absolute atomic E-state index is 11.3. The standard InChI is InChI=1S/C11H19N5O.2C2HF3O2/c1-8(2)10(17)16-11(12)14-5-3-4-9-6-13-7-15-9;2*3-2(4,5)1(6)7/h6-8H,3-5H2,1-2H3,(H,13,15)(H3,12,14,16,17);2*(H,6,7). The molecule has 0 atom stereocenters. The molecule has 1 aromatic heterocycles. The van der Waals surface area contributed by atoms with Crippen LogP contribution in [-0.2, 0) is 20.8 Å². The first kappa shape index (κ1) is 29.9. The first-order valence-electron chi connectivity index (χ1n) is 8.16. The fourth-order valence-electron chi connectivity index (χ4n) is 1.20. The predicted octanol–water partition coefficient (Wildman–Crippen LogP) is 1.70. The number of carboxylic acids is 2. The van der Waals surface area contributed by atoms with E-state index in [1.165, 1.54) is 0 Å².